The summed E-state index contributed by atoms with van der Waals surface area (Å²) in [6.45, 7) is 5.32. The molecule has 2 atom stereocenters. The molecule has 0 aromatic heterocycles. The summed E-state index contributed by atoms with van der Waals surface area (Å²) >= 11 is 0. The van der Waals surface area contributed by atoms with Crippen LogP contribution in [-0.4, -0.2) is 51.8 Å². The number of hydrogen-bond acceptors (Lipinski definition) is 2. The predicted molar refractivity (Wildman–Crippen MR) is 51.8 cm³/mol. The SMILES string of the molecule is BN1CCC2CN(B)CC2C1. The second-order valence-corrected chi connectivity index (χ2v) is 4.29. The lowest BCUT2D eigenvalue weighted by Crippen LogP contribution is -2.38. The molecule has 0 radical (unpaired) electrons. The average molecular weight is 150 g/mol. The highest BCUT2D eigenvalue weighted by Crippen LogP contribution is 2.28. The molecule has 2 unspecified atom stereocenters. The van der Waals surface area contributed by atoms with Crippen LogP contribution >= 0.6 is 0 Å². The van der Waals surface area contributed by atoms with Gasteiger partial charge >= 0.3 is 0 Å². The van der Waals surface area contributed by atoms with Crippen molar-refractivity contribution in [1.29, 1.82) is 0 Å². The molecule has 2 saturated heterocycles. The molecule has 2 aliphatic heterocycles. The van der Waals surface area contributed by atoms with Crippen molar-refractivity contribution in [3.8, 4) is 0 Å². The van der Waals surface area contributed by atoms with Gasteiger partial charge in [-0.1, -0.05) is 0 Å². The fraction of sp³-hybridized carbons (Fsp3) is 1.00. The maximum Gasteiger partial charge on any atom is 0.185 e. The molecule has 0 amide bonds. The molecule has 2 nitrogen and oxygen atoms in total. The van der Waals surface area contributed by atoms with Gasteiger partial charge in [-0.05, 0) is 44.4 Å². The Kier molecular flexibility index (Phi) is 1.98. The first-order valence-corrected chi connectivity index (χ1v) is 4.63. The van der Waals surface area contributed by atoms with E-state index in [-0.39, 0.29) is 0 Å². The van der Waals surface area contributed by atoms with Crippen LogP contribution in [0.3, 0.4) is 0 Å². The van der Waals surface area contributed by atoms with Crippen molar-refractivity contribution in [3.05, 3.63) is 0 Å². The highest BCUT2D eigenvalue weighted by molar-refractivity contribution is 6.05. The van der Waals surface area contributed by atoms with E-state index >= 15 is 0 Å². The number of piperidine rings is 1. The van der Waals surface area contributed by atoms with E-state index in [1.54, 1.807) is 0 Å². The largest absolute Gasteiger partial charge is 0.348 e. The summed E-state index contributed by atoms with van der Waals surface area (Å²) in [7, 11) is 4.49. The van der Waals surface area contributed by atoms with Gasteiger partial charge in [0.2, 0.25) is 0 Å². The topological polar surface area (TPSA) is 6.48 Å². The summed E-state index contributed by atoms with van der Waals surface area (Å²) < 4.78 is 0. The Balaban J connectivity index is 1.97. The van der Waals surface area contributed by atoms with Gasteiger partial charge in [0.05, 0.1) is 0 Å². The molecule has 4 heteroatoms. The zero-order chi connectivity index (χ0) is 7.84. The lowest BCUT2D eigenvalue weighted by Gasteiger charge is -2.31. The van der Waals surface area contributed by atoms with E-state index in [1.165, 1.54) is 32.6 Å². The van der Waals surface area contributed by atoms with E-state index < -0.39 is 0 Å². The van der Waals surface area contributed by atoms with E-state index in [0.717, 1.165) is 11.8 Å². The monoisotopic (exact) mass is 150 g/mol. The van der Waals surface area contributed by atoms with Gasteiger partial charge in [-0.3, -0.25) is 0 Å². The molecule has 0 bridgehead atoms. The first-order chi connectivity index (χ1) is 5.25. The van der Waals surface area contributed by atoms with E-state index in [0.29, 0.717) is 0 Å². The Hall–Kier alpha value is 0.0499. The van der Waals surface area contributed by atoms with Crippen LogP contribution < -0.4 is 0 Å². The van der Waals surface area contributed by atoms with Crippen LogP contribution in [0.25, 0.3) is 0 Å². The Morgan fingerprint density at radius 1 is 0.909 bits per heavy atom. The molecule has 0 aliphatic carbocycles. The molecular formula is C7H16B2N2. The molecule has 0 spiro atoms. The van der Waals surface area contributed by atoms with E-state index in [2.05, 4.69) is 25.6 Å². The van der Waals surface area contributed by atoms with Crippen molar-refractivity contribution in [3.63, 3.8) is 0 Å². The van der Waals surface area contributed by atoms with E-state index in [1.807, 2.05) is 0 Å². The molecule has 0 aromatic carbocycles. The van der Waals surface area contributed by atoms with Crippen LogP contribution in [0.5, 0.6) is 0 Å². The van der Waals surface area contributed by atoms with Crippen LogP contribution in [0.1, 0.15) is 6.42 Å². The summed E-state index contributed by atoms with van der Waals surface area (Å²) in [5, 5.41) is 0. The van der Waals surface area contributed by atoms with Crippen LogP contribution in [0.15, 0.2) is 0 Å². The molecule has 2 aliphatic rings. The Morgan fingerprint density at radius 2 is 1.55 bits per heavy atom. The number of hydrogen-bond donors (Lipinski definition) is 0. The molecule has 60 valence electrons. The van der Waals surface area contributed by atoms with Crippen molar-refractivity contribution in [1.82, 2.24) is 9.62 Å². The maximum atomic E-state index is 2.48. The van der Waals surface area contributed by atoms with Crippen molar-refractivity contribution < 1.29 is 0 Å². The van der Waals surface area contributed by atoms with Crippen molar-refractivity contribution >= 4 is 16.0 Å². The summed E-state index contributed by atoms with van der Waals surface area (Å²) in [6.07, 6.45) is 1.42. The molecule has 0 saturated carbocycles. The standard InChI is InChI=1S/C7H16B2N2/c8-10-2-1-6-3-11(9)5-7(6)4-10/h6-7H,1-5,8-9H2. The van der Waals surface area contributed by atoms with Gasteiger partial charge < -0.3 is 9.62 Å². The smallest absolute Gasteiger partial charge is 0.185 e. The predicted octanol–water partition coefficient (Wildman–Crippen LogP) is -1.66. The van der Waals surface area contributed by atoms with Crippen LogP contribution in [0, 0.1) is 11.8 Å². The molecule has 2 rings (SSSR count). The summed E-state index contributed by atoms with van der Waals surface area (Å²) in [5.41, 5.74) is 0. The maximum absolute atomic E-state index is 2.48. The van der Waals surface area contributed by atoms with Crippen LogP contribution in [0.4, 0.5) is 0 Å². The summed E-state index contributed by atoms with van der Waals surface area (Å²) in [5.74, 6) is 1.98. The first-order valence-electron chi connectivity index (χ1n) is 4.63. The molecule has 0 N–H and O–H groups in total. The van der Waals surface area contributed by atoms with Crippen molar-refractivity contribution in [2.24, 2.45) is 11.8 Å². The lowest BCUT2D eigenvalue weighted by molar-refractivity contribution is 0.234. The molecule has 11 heavy (non-hydrogen) atoms. The van der Waals surface area contributed by atoms with Gasteiger partial charge in [-0.2, -0.15) is 0 Å². The van der Waals surface area contributed by atoms with Gasteiger partial charge in [0.25, 0.3) is 0 Å². The van der Waals surface area contributed by atoms with Crippen LogP contribution in [0.2, 0.25) is 0 Å². The lowest BCUT2D eigenvalue weighted by atomic mass is 9.87. The van der Waals surface area contributed by atoms with Gasteiger partial charge in [0.1, 0.15) is 0 Å². The average Bonchev–Trinajstić information content (AvgIpc) is 2.27. The highest BCUT2D eigenvalue weighted by atomic mass is 15.1. The van der Waals surface area contributed by atoms with Crippen molar-refractivity contribution in [2.75, 3.05) is 26.2 Å². The Bertz CT molecular complexity index is 153. The van der Waals surface area contributed by atoms with Gasteiger partial charge in [0, 0.05) is 0 Å². The third-order valence-corrected chi connectivity index (χ3v) is 3.19. The van der Waals surface area contributed by atoms with E-state index in [9.17, 15) is 0 Å². The minimum Gasteiger partial charge on any atom is -0.348 e. The number of rotatable bonds is 0. The Labute approximate surface area is 70.8 Å². The minimum absolute atomic E-state index is 0.971. The second-order valence-electron chi connectivity index (χ2n) is 4.29. The zero-order valence-electron chi connectivity index (χ0n) is 7.58. The zero-order valence-corrected chi connectivity index (χ0v) is 7.58. The quantitative estimate of drug-likeness (QED) is 0.381. The van der Waals surface area contributed by atoms with Crippen LogP contribution in [-0.2, 0) is 0 Å². The van der Waals surface area contributed by atoms with Gasteiger partial charge in [-0.25, -0.2) is 0 Å². The number of fused-ring (bicyclic) bond motifs is 1. The molecular weight excluding hydrogens is 134 g/mol. The normalized spacial score (nSPS) is 40.7. The Morgan fingerprint density at radius 3 is 2.36 bits per heavy atom. The molecule has 0 aromatic rings. The van der Waals surface area contributed by atoms with Gasteiger partial charge in [-0.15, -0.1) is 0 Å². The summed E-state index contributed by atoms with van der Waals surface area (Å²) in [6, 6.07) is 0. The third kappa shape index (κ3) is 1.47. The third-order valence-electron chi connectivity index (χ3n) is 3.19. The fourth-order valence-electron chi connectivity index (χ4n) is 2.58. The van der Waals surface area contributed by atoms with E-state index in [4.69, 9.17) is 0 Å². The van der Waals surface area contributed by atoms with Crippen molar-refractivity contribution in [2.45, 2.75) is 6.42 Å². The minimum atomic E-state index is 0.971. The van der Waals surface area contributed by atoms with Gasteiger partial charge in [0.15, 0.2) is 16.0 Å². The molecule has 2 fully saturated rings. The summed E-state index contributed by atoms with van der Waals surface area (Å²) in [4.78, 5) is 4.95. The second kappa shape index (κ2) is 2.83. The first kappa shape index (κ1) is 7.69. The molecule has 2 heterocycles. The highest BCUT2D eigenvalue weighted by Gasteiger charge is 2.33. The number of nitrogens with zero attached hydrogens (tertiary/aromatic N) is 2. The fourth-order valence-corrected chi connectivity index (χ4v) is 2.58.